The molecule has 0 bridgehead atoms. The number of methoxy groups -OCH3 is 1. The molecule has 2 N–H and O–H groups in total. The average molecular weight is 261 g/mol. The first-order valence-corrected chi connectivity index (χ1v) is 7.27. The van der Waals surface area contributed by atoms with Gasteiger partial charge in [0.2, 0.25) is 0 Å². The molecule has 1 aliphatic heterocycles. The number of hydrogen-bond donors (Lipinski definition) is 1. The highest BCUT2D eigenvalue weighted by Gasteiger charge is 2.45. The van der Waals surface area contributed by atoms with Crippen LogP contribution in [0.1, 0.15) is 50.6 Å². The fourth-order valence-electron chi connectivity index (χ4n) is 3.62. The zero-order chi connectivity index (χ0) is 13.5. The summed E-state index contributed by atoms with van der Waals surface area (Å²) < 4.78 is 11.7. The van der Waals surface area contributed by atoms with Crippen LogP contribution in [0.15, 0.2) is 18.2 Å². The summed E-state index contributed by atoms with van der Waals surface area (Å²) in [5.74, 6) is 2.34. The molecular formula is C16H23NO2. The van der Waals surface area contributed by atoms with E-state index in [-0.39, 0.29) is 11.6 Å². The van der Waals surface area contributed by atoms with Crippen LogP contribution in [0.2, 0.25) is 0 Å². The number of ether oxygens (including phenoxy) is 2. The van der Waals surface area contributed by atoms with E-state index < -0.39 is 0 Å². The Labute approximate surface area is 115 Å². The molecule has 0 radical (unpaired) electrons. The van der Waals surface area contributed by atoms with Gasteiger partial charge in [-0.15, -0.1) is 0 Å². The molecule has 3 nitrogen and oxygen atoms in total. The molecule has 3 heteroatoms. The smallest absolute Gasteiger partial charge is 0.128 e. The Morgan fingerprint density at radius 3 is 2.95 bits per heavy atom. The molecule has 1 fully saturated rings. The largest absolute Gasteiger partial charge is 0.497 e. The van der Waals surface area contributed by atoms with Crippen molar-refractivity contribution in [1.29, 1.82) is 0 Å². The van der Waals surface area contributed by atoms with Crippen LogP contribution in [0, 0.1) is 5.92 Å². The summed E-state index contributed by atoms with van der Waals surface area (Å²) in [6, 6.07) is 6.07. The van der Waals surface area contributed by atoms with Crippen LogP contribution in [0.25, 0.3) is 0 Å². The van der Waals surface area contributed by atoms with Gasteiger partial charge in [-0.3, -0.25) is 0 Å². The van der Waals surface area contributed by atoms with Crippen molar-refractivity contribution in [2.24, 2.45) is 11.7 Å². The van der Waals surface area contributed by atoms with Gasteiger partial charge >= 0.3 is 0 Å². The lowest BCUT2D eigenvalue weighted by atomic mass is 9.71. The Morgan fingerprint density at radius 1 is 1.37 bits per heavy atom. The molecule has 1 aromatic rings. The normalized spacial score (nSPS) is 33.6. The first-order chi connectivity index (χ1) is 9.14. The highest BCUT2D eigenvalue weighted by molar-refractivity contribution is 5.44. The predicted octanol–water partition coefficient (Wildman–Crippen LogP) is 3.43. The maximum atomic E-state index is 6.43. The average Bonchev–Trinajstić information content (AvgIpc) is 2.41. The Bertz CT molecular complexity index is 474. The summed E-state index contributed by atoms with van der Waals surface area (Å²) in [6.07, 6.45) is 5.86. The Balaban J connectivity index is 1.97. The molecule has 1 aliphatic carbocycles. The number of hydrogen-bond acceptors (Lipinski definition) is 3. The standard InChI is InChI=1S/C16H23NO2/c1-11-5-3-4-8-16(11)10-14(17)13-7-6-12(18-2)9-15(13)19-16/h6-7,9,11,14H,3-5,8,10,17H2,1-2H3/t11?,14-,16?/m1/s1. The summed E-state index contributed by atoms with van der Waals surface area (Å²) >= 11 is 0. The summed E-state index contributed by atoms with van der Waals surface area (Å²) in [4.78, 5) is 0. The van der Waals surface area contributed by atoms with Crippen LogP contribution in [0.3, 0.4) is 0 Å². The SMILES string of the molecule is COc1ccc2c(c1)OC1(CCCCC1C)C[C@H]2N. The van der Waals surface area contributed by atoms with Gasteiger partial charge in [0.1, 0.15) is 17.1 Å². The monoisotopic (exact) mass is 261 g/mol. The highest BCUT2D eigenvalue weighted by Crippen LogP contribution is 2.48. The molecule has 104 valence electrons. The topological polar surface area (TPSA) is 44.5 Å². The molecule has 1 heterocycles. The number of rotatable bonds is 1. The van der Waals surface area contributed by atoms with E-state index in [1.807, 2.05) is 18.2 Å². The maximum absolute atomic E-state index is 6.43. The third-order valence-electron chi connectivity index (χ3n) is 4.88. The van der Waals surface area contributed by atoms with Gasteiger partial charge in [0.25, 0.3) is 0 Å². The van der Waals surface area contributed by atoms with Gasteiger partial charge in [-0.05, 0) is 31.2 Å². The molecule has 2 unspecified atom stereocenters. The Hall–Kier alpha value is -1.22. The Kier molecular flexibility index (Phi) is 3.17. The molecule has 1 saturated carbocycles. The minimum atomic E-state index is -0.0585. The van der Waals surface area contributed by atoms with Crippen molar-refractivity contribution in [3.63, 3.8) is 0 Å². The van der Waals surface area contributed by atoms with Gasteiger partial charge in [0, 0.05) is 24.1 Å². The van der Waals surface area contributed by atoms with Crippen LogP contribution < -0.4 is 15.2 Å². The van der Waals surface area contributed by atoms with Crippen LogP contribution in [-0.2, 0) is 0 Å². The number of benzene rings is 1. The minimum absolute atomic E-state index is 0.0585. The molecule has 2 aliphatic rings. The van der Waals surface area contributed by atoms with E-state index in [1.54, 1.807) is 7.11 Å². The maximum Gasteiger partial charge on any atom is 0.128 e. The molecule has 0 amide bonds. The second kappa shape index (κ2) is 4.71. The molecule has 1 aromatic carbocycles. The van der Waals surface area contributed by atoms with Gasteiger partial charge in [0.05, 0.1) is 7.11 Å². The van der Waals surface area contributed by atoms with Crippen LogP contribution in [0.4, 0.5) is 0 Å². The quantitative estimate of drug-likeness (QED) is 0.842. The van der Waals surface area contributed by atoms with Gasteiger partial charge in [-0.1, -0.05) is 19.4 Å². The van der Waals surface area contributed by atoms with Crippen LogP contribution in [-0.4, -0.2) is 12.7 Å². The summed E-state index contributed by atoms with van der Waals surface area (Å²) in [5.41, 5.74) is 7.44. The van der Waals surface area contributed by atoms with Gasteiger partial charge in [-0.25, -0.2) is 0 Å². The van der Waals surface area contributed by atoms with E-state index in [9.17, 15) is 0 Å². The third-order valence-corrected chi connectivity index (χ3v) is 4.88. The van der Waals surface area contributed by atoms with Gasteiger partial charge < -0.3 is 15.2 Å². The van der Waals surface area contributed by atoms with E-state index in [4.69, 9.17) is 15.2 Å². The van der Waals surface area contributed by atoms with E-state index in [1.165, 1.54) is 19.3 Å². The molecule has 1 spiro atoms. The molecule has 3 atom stereocenters. The molecular weight excluding hydrogens is 238 g/mol. The lowest BCUT2D eigenvalue weighted by Gasteiger charge is -2.47. The number of fused-ring (bicyclic) bond motifs is 1. The van der Waals surface area contributed by atoms with E-state index >= 15 is 0 Å². The van der Waals surface area contributed by atoms with Gasteiger partial charge in [0.15, 0.2) is 0 Å². The van der Waals surface area contributed by atoms with Gasteiger partial charge in [-0.2, -0.15) is 0 Å². The zero-order valence-corrected chi connectivity index (χ0v) is 11.8. The third kappa shape index (κ3) is 2.10. The van der Waals surface area contributed by atoms with Crippen molar-refractivity contribution in [1.82, 2.24) is 0 Å². The van der Waals surface area contributed by atoms with Crippen molar-refractivity contribution in [2.75, 3.05) is 7.11 Å². The molecule has 3 rings (SSSR count). The number of nitrogens with two attached hydrogens (primary N) is 1. The second-order valence-corrected chi connectivity index (χ2v) is 6.03. The van der Waals surface area contributed by atoms with E-state index in [0.29, 0.717) is 5.92 Å². The van der Waals surface area contributed by atoms with Crippen molar-refractivity contribution in [3.05, 3.63) is 23.8 Å². The molecule has 19 heavy (non-hydrogen) atoms. The summed E-state index contributed by atoms with van der Waals surface area (Å²) in [7, 11) is 1.68. The van der Waals surface area contributed by atoms with Crippen LogP contribution >= 0.6 is 0 Å². The van der Waals surface area contributed by atoms with Crippen LogP contribution in [0.5, 0.6) is 11.5 Å². The lowest BCUT2D eigenvalue weighted by molar-refractivity contribution is -0.0408. The molecule has 0 aromatic heterocycles. The summed E-state index contributed by atoms with van der Waals surface area (Å²) in [6.45, 7) is 2.30. The predicted molar refractivity (Wildman–Crippen MR) is 75.5 cm³/mol. The van der Waals surface area contributed by atoms with Crippen molar-refractivity contribution in [3.8, 4) is 11.5 Å². The second-order valence-electron chi connectivity index (χ2n) is 6.03. The lowest BCUT2D eigenvalue weighted by Crippen LogP contribution is -2.49. The first kappa shape index (κ1) is 12.8. The fraction of sp³-hybridized carbons (Fsp3) is 0.625. The minimum Gasteiger partial charge on any atom is -0.497 e. The van der Waals surface area contributed by atoms with Crippen molar-refractivity contribution >= 4 is 0 Å². The van der Waals surface area contributed by atoms with Crippen molar-refractivity contribution < 1.29 is 9.47 Å². The Morgan fingerprint density at radius 2 is 2.21 bits per heavy atom. The molecule has 0 saturated heterocycles. The first-order valence-electron chi connectivity index (χ1n) is 7.27. The zero-order valence-electron chi connectivity index (χ0n) is 11.8. The van der Waals surface area contributed by atoms with Crippen molar-refractivity contribution in [2.45, 2.75) is 50.7 Å². The summed E-state index contributed by atoms with van der Waals surface area (Å²) in [5, 5.41) is 0. The van der Waals surface area contributed by atoms with E-state index in [0.717, 1.165) is 29.9 Å². The highest BCUT2D eigenvalue weighted by atomic mass is 16.5. The van der Waals surface area contributed by atoms with E-state index in [2.05, 4.69) is 6.92 Å². The fourth-order valence-corrected chi connectivity index (χ4v) is 3.62.